The van der Waals surface area contributed by atoms with E-state index >= 15 is 0 Å². The summed E-state index contributed by atoms with van der Waals surface area (Å²) in [6, 6.07) is 15.1. The van der Waals surface area contributed by atoms with Crippen LogP contribution in [0.15, 0.2) is 42.5 Å². The number of benzene rings is 2. The van der Waals surface area contributed by atoms with Gasteiger partial charge >= 0.3 is 5.97 Å². The van der Waals surface area contributed by atoms with Crippen molar-refractivity contribution in [1.82, 2.24) is 0 Å². The SMILES string of the molecule is CCC(Nc1ccc(C#N)cc1)(C(=O)O)c1cc(C)cc(N2CCCC2)c1. The van der Waals surface area contributed by atoms with Crippen LogP contribution >= 0.6 is 0 Å². The number of hydrogen-bond acceptors (Lipinski definition) is 4. The van der Waals surface area contributed by atoms with E-state index in [4.69, 9.17) is 5.26 Å². The lowest BCUT2D eigenvalue weighted by Gasteiger charge is -2.32. The second-order valence-electron chi connectivity index (χ2n) is 7.13. The topological polar surface area (TPSA) is 76.4 Å². The predicted molar refractivity (Wildman–Crippen MR) is 107 cm³/mol. The molecule has 1 aliphatic heterocycles. The number of carbonyl (C=O) groups is 1. The molecular weight excluding hydrogens is 338 g/mol. The van der Waals surface area contributed by atoms with Crippen LogP contribution in [0.5, 0.6) is 0 Å². The van der Waals surface area contributed by atoms with Crippen LogP contribution in [0.1, 0.15) is 42.9 Å². The molecule has 0 bridgehead atoms. The van der Waals surface area contributed by atoms with Gasteiger partial charge in [-0.05, 0) is 73.7 Å². The highest BCUT2D eigenvalue weighted by Crippen LogP contribution is 2.34. The number of nitrogens with zero attached hydrogens (tertiary/aromatic N) is 2. The second kappa shape index (κ2) is 7.71. The van der Waals surface area contributed by atoms with E-state index in [-0.39, 0.29) is 0 Å². The van der Waals surface area contributed by atoms with Crippen LogP contribution in [0, 0.1) is 18.3 Å². The third kappa shape index (κ3) is 3.75. The van der Waals surface area contributed by atoms with Gasteiger partial charge in [0.1, 0.15) is 0 Å². The fourth-order valence-electron chi connectivity index (χ4n) is 3.73. The molecule has 2 aromatic carbocycles. The lowest BCUT2D eigenvalue weighted by molar-refractivity contribution is -0.142. The number of carboxylic acids is 1. The minimum atomic E-state index is -1.23. The molecule has 0 spiro atoms. The smallest absolute Gasteiger partial charge is 0.334 e. The Kier molecular flexibility index (Phi) is 5.36. The Bertz CT molecular complexity index is 864. The van der Waals surface area contributed by atoms with Gasteiger partial charge in [-0.15, -0.1) is 0 Å². The molecule has 0 radical (unpaired) electrons. The van der Waals surface area contributed by atoms with Crippen molar-refractivity contribution in [3.8, 4) is 6.07 Å². The first kappa shape index (κ1) is 18.8. The molecule has 0 amide bonds. The Morgan fingerprint density at radius 2 is 1.89 bits per heavy atom. The van der Waals surface area contributed by atoms with Crippen molar-refractivity contribution in [2.24, 2.45) is 0 Å². The summed E-state index contributed by atoms with van der Waals surface area (Å²) in [6.45, 7) is 5.91. The van der Waals surface area contributed by atoms with Gasteiger partial charge < -0.3 is 15.3 Å². The van der Waals surface area contributed by atoms with Crippen LogP contribution in [-0.4, -0.2) is 24.2 Å². The van der Waals surface area contributed by atoms with Crippen LogP contribution in [0.3, 0.4) is 0 Å². The summed E-state index contributed by atoms with van der Waals surface area (Å²) in [7, 11) is 0. The van der Waals surface area contributed by atoms with E-state index < -0.39 is 11.5 Å². The molecule has 140 valence electrons. The predicted octanol–water partition coefficient (Wildman–Crippen LogP) is 4.27. The summed E-state index contributed by atoms with van der Waals surface area (Å²) in [4.78, 5) is 14.7. The number of carboxylic acid groups (broad SMARTS) is 1. The normalized spacial score (nSPS) is 15.8. The van der Waals surface area contributed by atoms with Crippen molar-refractivity contribution >= 4 is 17.3 Å². The quantitative estimate of drug-likeness (QED) is 0.801. The molecule has 1 atom stereocenters. The van der Waals surface area contributed by atoms with Crippen molar-refractivity contribution in [2.45, 2.75) is 38.6 Å². The Labute approximate surface area is 160 Å². The first-order chi connectivity index (χ1) is 13.0. The summed E-state index contributed by atoms with van der Waals surface area (Å²) in [5.74, 6) is -0.910. The Morgan fingerprint density at radius 3 is 2.44 bits per heavy atom. The average Bonchev–Trinajstić information content (AvgIpc) is 3.20. The molecule has 1 saturated heterocycles. The number of rotatable bonds is 6. The van der Waals surface area contributed by atoms with Crippen molar-refractivity contribution in [2.75, 3.05) is 23.3 Å². The van der Waals surface area contributed by atoms with Gasteiger partial charge in [0.15, 0.2) is 5.54 Å². The van der Waals surface area contributed by atoms with Gasteiger partial charge in [0.2, 0.25) is 0 Å². The minimum Gasteiger partial charge on any atom is -0.479 e. The van der Waals surface area contributed by atoms with Gasteiger partial charge in [0, 0.05) is 24.5 Å². The number of aliphatic carboxylic acids is 1. The summed E-state index contributed by atoms with van der Waals surface area (Å²) >= 11 is 0. The molecule has 0 saturated carbocycles. The summed E-state index contributed by atoms with van der Waals surface area (Å²) in [5.41, 5.74) is 2.89. The monoisotopic (exact) mass is 363 g/mol. The van der Waals surface area contributed by atoms with Crippen LogP contribution in [0.4, 0.5) is 11.4 Å². The highest BCUT2D eigenvalue weighted by molar-refractivity contribution is 5.85. The van der Waals surface area contributed by atoms with Gasteiger partial charge in [-0.3, -0.25) is 0 Å². The summed E-state index contributed by atoms with van der Waals surface area (Å²) in [5, 5.41) is 22.4. The third-order valence-electron chi connectivity index (χ3n) is 5.29. The molecule has 1 aliphatic rings. The molecule has 3 rings (SSSR count). The molecule has 2 N–H and O–H groups in total. The van der Waals surface area contributed by atoms with Crippen molar-refractivity contribution in [3.63, 3.8) is 0 Å². The number of nitriles is 1. The maximum atomic E-state index is 12.4. The van der Waals surface area contributed by atoms with Crippen molar-refractivity contribution in [3.05, 3.63) is 59.2 Å². The third-order valence-corrected chi connectivity index (χ3v) is 5.29. The molecule has 1 heterocycles. The molecule has 1 fully saturated rings. The van der Waals surface area contributed by atoms with Crippen LogP contribution in [-0.2, 0) is 10.3 Å². The number of nitrogens with one attached hydrogen (secondary N) is 1. The lowest BCUT2D eigenvalue weighted by Crippen LogP contribution is -2.43. The highest BCUT2D eigenvalue weighted by atomic mass is 16.4. The van der Waals surface area contributed by atoms with E-state index in [9.17, 15) is 9.90 Å². The Hall–Kier alpha value is -3.00. The van der Waals surface area contributed by atoms with Gasteiger partial charge in [-0.1, -0.05) is 13.0 Å². The van der Waals surface area contributed by atoms with E-state index in [0.717, 1.165) is 29.9 Å². The molecule has 5 nitrogen and oxygen atoms in total. The van der Waals surface area contributed by atoms with Crippen LogP contribution < -0.4 is 10.2 Å². The fraction of sp³-hybridized carbons (Fsp3) is 0.364. The summed E-state index contributed by atoms with van der Waals surface area (Å²) < 4.78 is 0. The maximum Gasteiger partial charge on any atom is 0.334 e. The fourth-order valence-corrected chi connectivity index (χ4v) is 3.73. The molecule has 27 heavy (non-hydrogen) atoms. The zero-order valence-electron chi connectivity index (χ0n) is 15.8. The molecule has 1 unspecified atom stereocenters. The highest BCUT2D eigenvalue weighted by Gasteiger charge is 2.39. The average molecular weight is 363 g/mol. The molecule has 2 aromatic rings. The first-order valence-electron chi connectivity index (χ1n) is 9.37. The zero-order chi connectivity index (χ0) is 19.4. The molecule has 0 aromatic heterocycles. The number of aryl methyl sites for hydroxylation is 1. The Balaban J connectivity index is 2.03. The van der Waals surface area contributed by atoms with Gasteiger partial charge in [0.05, 0.1) is 11.6 Å². The first-order valence-corrected chi connectivity index (χ1v) is 9.37. The molecule has 5 heteroatoms. The van der Waals surface area contributed by atoms with Crippen molar-refractivity contribution in [1.29, 1.82) is 5.26 Å². The van der Waals surface area contributed by atoms with E-state index in [1.807, 2.05) is 26.0 Å². The Morgan fingerprint density at radius 1 is 1.22 bits per heavy atom. The minimum absolute atomic E-state index is 0.394. The number of anilines is 2. The number of hydrogen-bond donors (Lipinski definition) is 2. The van der Waals surface area contributed by atoms with Crippen LogP contribution in [0.25, 0.3) is 0 Å². The van der Waals surface area contributed by atoms with Gasteiger partial charge in [-0.25, -0.2) is 4.79 Å². The van der Waals surface area contributed by atoms with E-state index in [0.29, 0.717) is 17.7 Å². The second-order valence-corrected chi connectivity index (χ2v) is 7.13. The summed E-state index contributed by atoms with van der Waals surface area (Å²) in [6.07, 6.45) is 2.74. The van der Waals surface area contributed by atoms with Gasteiger partial charge in [-0.2, -0.15) is 5.26 Å². The zero-order valence-corrected chi connectivity index (χ0v) is 15.8. The lowest BCUT2D eigenvalue weighted by atomic mass is 9.85. The van der Waals surface area contributed by atoms with E-state index in [2.05, 4.69) is 22.4 Å². The standard InChI is InChI=1S/C22H25N3O2/c1-3-22(21(26)27,24-19-8-6-17(15-23)7-9-19)18-12-16(2)13-20(14-18)25-10-4-5-11-25/h6-9,12-14,24H,3-5,10-11H2,1-2H3,(H,26,27). The van der Waals surface area contributed by atoms with E-state index in [1.165, 1.54) is 12.8 Å². The largest absolute Gasteiger partial charge is 0.479 e. The molecular formula is C22H25N3O2. The van der Waals surface area contributed by atoms with Crippen molar-refractivity contribution < 1.29 is 9.90 Å². The maximum absolute atomic E-state index is 12.4. The van der Waals surface area contributed by atoms with Gasteiger partial charge in [0.25, 0.3) is 0 Å². The van der Waals surface area contributed by atoms with E-state index in [1.54, 1.807) is 24.3 Å². The van der Waals surface area contributed by atoms with Crippen LogP contribution in [0.2, 0.25) is 0 Å². The molecule has 0 aliphatic carbocycles.